The molecule has 0 aliphatic rings. The van der Waals surface area contributed by atoms with Crippen molar-refractivity contribution >= 4 is 34.5 Å². The molecule has 106 valence electrons. The summed E-state index contributed by atoms with van der Waals surface area (Å²) in [6, 6.07) is 14.6. The lowest BCUT2D eigenvalue weighted by Gasteiger charge is -2.21. The van der Waals surface area contributed by atoms with E-state index in [4.69, 9.17) is 16.0 Å². The maximum atomic E-state index is 12.7. The molecule has 1 amide bonds. The number of nitrogens with zero attached hydrogens (tertiary/aromatic N) is 1. The fraction of sp³-hybridized carbons (Fsp3) is 0.0625. The van der Waals surface area contributed by atoms with Crippen molar-refractivity contribution in [1.29, 1.82) is 0 Å². The van der Waals surface area contributed by atoms with E-state index in [1.807, 2.05) is 35.7 Å². The van der Waals surface area contributed by atoms with Crippen LogP contribution >= 0.6 is 22.9 Å². The maximum absolute atomic E-state index is 12.7. The topological polar surface area (TPSA) is 33.5 Å². The predicted molar refractivity (Wildman–Crippen MR) is 85.0 cm³/mol. The molecule has 3 rings (SSSR count). The SMILES string of the molecule is O=C(c1cccs1)N(Cc1ccco1)c1cccc(Cl)c1. The summed E-state index contributed by atoms with van der Waals surface area (Å²) in [4.78, 5) is 15.0. The Labute approximate surface area is 131 Å². The van der Waals surface area contributed by atoms with Gasteiger partial charge in [-0.05, 0) is 41.8 Å². The number of carbonyl (C=O) groups excluding carboxylic acids is 1. The number of hydrogen-bond donors (Lipinski definition) is 0. The number of amides is 1. The van der Waals surface area contributed by atoms with Crippen LogP contribution in [0.1, 0.15) is 15.4 Å². The zero-order valence-electron chi connectivity index (χ0n) is 11.0. The summed E-state index contributed by atoms with van der Waals surface area (Å²) in [5, 5.41) is 2.48. The first kappa shape index (κ1) is 13.9. The lowest BCUT2D eigenvalue weighted by Crippen LogP contribution is -2.29. The normalized spacial score (nSPS) is 10.5. The van der Waals surface area contributed by atoms with Crippen LogP contribution in [-0.2, 0) is 6.54 Å². The molecule has 3 nitrogen and oxygen atoms in total. The van der Waals surface area contributed by atoms with Gasteiger partial charge in [-0.1, -0.05) is 23.7 Å². The summed E-state index contributed by atoms with van der Waals surface area (Å²) >= 11 is 7.46. The van der Waals surface area contributed by atoms with E-state index < -0.39 is 0 Å². The molecule has 0 aliphatic carbocycles. The smallest absolute Gasteiger partial charge is 0.268 e. The van der Waals surface area contributed by atoms with E-state index in [-0.39, 0.29) is 5.91 Å². The van der Waals surface area contributed by atoms with Crippen LogP contribution in [-0.4, -0.2) is 5.91 Å². The van der Waals surface area contributed by atoms with Gasteiger partial charge in [-0.2, -0.15) is 0 Å². The number of halogens is 1. The van der Waals surface area contributed by atoms with Crippen LogP contribution in [0.15, 0.2) is 64.6 Å². The molecule has 0 saturated carbocycles. The minimum Gasteiger partial charge on any atom is -0.467 e. The highest BCUT2D eigenvalue weighted by Gasteiger charge is 2.20. The number of furan rings is 1. The Bertz CT molecular complexity index is 723. The second-order valence-corrected chi connectivity index (χ2v) is 5.81. The van der Waals surface area contributed by atoms with E-state index in [2.05, 4.69) is 0 Å². The van der Waals surface area contributed by atoms with Gasteiger partial charge in [0.1, 0.15) is 5.76 Å². The molecule has 0 unspecified atom stereocenters. The number of anilines is 1. The van der Waals surface area contributed by atoms with Gasteiger partial charge in [0.15, 0.2) is 0 Å². The first-order valence-corrected chi connectivity index (χ1v) is 7.63. The third-order valence-corrected chi connectivity index (χ3v) is 4.08. The van der Waals surface area contributed by atoms with Gasteiger partial charge in [0.2, 0.25) is 0 Å². The minimum absolute atomic E-state index is 0.0660. The van der Waals surface area contributed by atoms with Crippen molar-refractivity contribution in [1.82, 2.24) is 0 Å². The highest BCUT2D eigenvalue weighted by Crippen LogP contribution is 2.25. The highest BCUT2D eigenvalue weighted by molar-refractivity contribution is 7.12. The van der Waals surface area contributed by atoms with Gasteiger partial charge in [0.05, 0.1) is 17.7 Å². The molecule has 2 aromatic heterocycles. The van der Waals surface area contributed by atoms with Crippen molar-refractivity contribution in [3.8, 4) is 0 Å². The number of rotatable bonds is 4. The molecule has 0 atom stereocenters. The van der Waals surface area contributed by atoms with Gasteiger partial charge in [0.25, 0.3) is 5.91 Å². The lowest BCUT2D eigenvalue weighted by molar-refractivity contribution is 0.0987. The molecule has 0 radical (unpaired) electrons. The molecule has 1 aromatic carbocycles. The van der Waals surface area contributed by atoms with Gasteiger partial charge in [-0.25, -0.2) is 0 Å². The summed E-state index contributed by atoms with van der Waals surface area (Å²) in [7, 11) is 0. The Morgan fingerprint density at radius 1 is 1.19 bits per heavy atom. The first-order valence-electron chi connectivity index (χ1n) is 6.37. The summed E-state index contributed by atoms with van der Waals surface area (Å²) in [5.41, 5.74) is 0.748. The monoisotopic (exact) mass is 317 g/mol. The fourth-order valence-electron chi connectivity index (χ4n) is 2.02. The lowest BCUT2D eigenvalue weighted by atomic mass is 10.2. The Hall–Kier alpha value is -2.04. The summed E-state index contributed by atoms with van der Waals surface area (Å²) < 4.78 is 5.36. The first-order chi connectivity index (χ1) is 10.2. The van der Waals surface area contributed by atoms with E-state index >= 15 is 0 Å². The average molecular weight is 318 g/mol. The summed E-state index contributed by atoms with van der Waals surface area (Å²) in [6.07, 6.45) is 1.60. The van der Waals surface area contributed by atoms with Crippen LogP contribution in [0, 0.1) is 0 Å². The zero-order chi connectivity index (χ0) is 14.7. The Morgan fingerprint density at radius 2 is 2.10 bits per heavy atom. The zero-order valence-corrected chi connectivity index (χ0v) is 12.6. The molecule has 0 fully saturated rings. The Morgan fingerprint density at radius 3 is 2.76 bits per heavy atom. The Balaban J connectivity index is 1.96. The molecule has 0 bridgehead atoms. The standard InChI is InChI=1S/C16H12ClNO2S/c17-12-4-1-5-13(10-12)18(11-14-6-2-8-20-14)16(19)15-7-3-9-21-15/h1-10H,11H2. The van der Waals surface area contributed by atoms with Gasteiger partial charge in [-0.15, -0.1) is 11.3 Å². The quantitative estimate of drug-likeness (QED) is 0.689. The Kier molecular flexibility index (Phi) is 4.08. The highest BCUT2D eigenvalue weighted by atomic mass is 35.5. The van der Waals surface area contributed by atoms with Gasteiger partial charge < -0.3 is 9.32 Å². The fourth-order valence-corrected chi connectivity index (χ4v) is 2.87. The number of hydrogen-bond acceptors (Lipinski definition) is 3. The molecule has 0 N–H and O–H groups in total. The minimum atomic E-state index is -0.0660. The number of thiophene rings is 1. The van der Waals surface area contributed by atoms with Crippen molar-refractivity contribution in [3.63, 3.8) is 0 Å². The number of benzene rings is 1. The van der Waals surface area contributed by atoms with Gasteiger partial charge in [0, 0.05) is 10.7 Å². The average Bonchev–Trinajstić information content (AvgIpc) is 3.17. The van der Waals surface area contributed by atoms with Crippen LogP contribution in [0.3, 0.4) is 0 Å². The van der Waals surface area contributed by atoms with E-state index in [0.717, 1.165) is 11.4 Å². The third-order valence-electron chi connectivity index (χ3n) is 2.99. The van der Waals surface area contributed by atoms with Crippen molar-refractivity contribution in [2.45, 2.75) is 6.54 Å². The van der Waals surface area contributed by atoms with Crippen molar-refractivity contribution < 1.29 is 9.21 Å². The molecule has 0 saturated heterocycles. The van der Waals surface area contributed by atoms with Gasteiger partial charge >= 0.3 is 0 Å². The molecule has 21 heavy (non-hydrogen) atoms. The second-order valence-electron chi connectivity index (χ2n) is 4.43. The van der Waals surface area contributed by atoms with Crippen molar-refractivity contribution in [2.75, 3.05) is 4.90 Å². The molecule has 5 heteroatoms. The molecular weight excluding hydrogens is 306 g/mol. The van der Waals surface area contributed by atoms with Crippen LogP contribution in [0.2, 0.25) is 5.02 Å². The summed E-state index contributed by atoms with van der Waals surface area (Å²) in [6.45, 7) is 0.365. The van der Waals surface area contributed by atoms with Gasteiger partial charge in [-0.3, -0.25) is 4.79 Å². The van der Waals surface area contributed by atoms with Crippen LogP contribution < -0.4 is 4.90 Å². The van der Waals surface area contributed by atoms with Crippen LogP contribution in [0.5, 0.6) is 0 Å². The molecule has 3 aromatic rings. The van der Waals surface area contributed by atoms with E-state index in [1.165, 1.54) is 11.3 Å². The summed E-state index contributed by atoms with van der Waals surface area (Å²) in [5.74, 6) is 0.656. The van der Waals surface area contributed by atoms with Crippen LogP contribution in [0.4, 0.5) is 5.69 Å². The van der Waals surface area contributed by atoms with Crippen molar-refractivity contribution in [2.24, 2.45) is 0 Å². The molecule has 2 heterocycles. The molecular formula is C16H12ClNO2S. The largest absolute Gasteiger partial charge is 0.467 e. The third kappa shape index (κ3) is 3.17. The van der Waals surface area contributed by atoms with E-state index in [9.17, 15) is 4.79 Å². The van der Waals surface area contributed by atoms with E-state index in [0.29, 0.717) is 16.4 Å². The van der Waals surface area contributed by atoms with Crippen LogP contribution in [0.25, 0.3) is 0 Å². The molecule has 0 spiro atoms. The maximum Gasteiger partial charge on any atom is 0.268 e. The molecule has 0 aliphatic heterocycles. The second kappa shape index (κ2) is 6.16. The van der Waals surface area contributed by atoms with Crippen molar-refractivity contribution in [3.05, 3.63) is 75.8 Å². The van der Waals surface area contributed by atoms with E-state index in [1.54, 1.807) is 29.4 Å². The predicted octanol–water partition coefficient (Wildman–Crippen LogP) is 4.84. The number of carbonyl (C=O) groups is 1.